The number of carbonyl (C=O) groups excluding carboxylic acids is 3. The fourth-order valence-corrected chi connectivity index (χ4v) is 4.94. The van der Waals surface area contributed by atoms with Crippen LogP contribution < -0.4 is 5.32 Å². The molecule has 3 rings (SSSR count). The molecule has 0 saturated carbocycles. The highest BCUT2D eigenvalue weighted by molar-refractivity contribution is 5.93. The molecule has 0 unspecified atom stereocenters. The van der Waals surface area contributed by atoms with Crippen LogP contribution in [-0.4, -0.2) is 51.6 Å². The second-order valence-corrected chi connectivity index (χ2v) is 12.2. The molecule has 0 aromatic heterocycles. The number of esters is 1. The number of non-ortho nitro benzene ring substituents is 1. The van der Waals surface area contributed by atoms with Crippen LogP contribution in [0.1, 0.15) is 82.4 Å². The molecule has 1 saturated heterocycles. The van der Waals surface area contributed by atoms with Gasteiger partial charge in [0.2, 0.25) is 5.91 Å². The normalized spacial score (nSPS) is 19.6. The summed E-state index contributed by atoms with van der Waals surface area (Å²) in [5, 5.41) is 23.1. The Morgan fingerprint density at radius 1 is 1.07 bits per heavy atom. The number of hydrogen-bond donors (Lipinski definition) is 1. The predicted octanol–water partition coefficient (Wildman–Crippen LogP) is 5.29. The third kappa shape index (κ3) is 6.82. The molecule has 2 aromatic rings. The average Bonchev–Trinajstić information content (AvgIpc) is 3.28. The van der Waals surface area contributed by atoms with E-state index in [1.807, 2.05) is 20.8 Å². The van der Waals surface area contributed by atoms with Crippen LogP contribution in [0.4, 0.5) is 10.5 Å². The molecule has 2 amide bonds. The first kappa shape index (κ1) is 31.1. The highest BCUT2D eigenvalue weighted by Crippen LogP contribution is 2.46. The van der Waals surface area contributed by atoms with Crippen molar-refractivity contribution in [2.75, 3.05) is 6.54 Å². The van der Waals surface area contributed by atoms with E-state index >= 15 is 0 Å². The van der Waals surface area contributed by atoms with Gasteiger partial charge in [-0.15, -0.1) is 0 Å². The number of carbonyl (C=O) groups is 3. The van der Waals surface area contributed by atoms with Gasteiger partial charge in [0.25, 0.3) is 5.69 Å². The maximum Gasteiger partial charge on any atom is 0.411 e. The van der Waals surface area contributed by atoms with Crippen molar-refractivity contribution in [1.29, 1.82) is 5.26 Å². The van der Waals surface area contributed by atoms with Gasteiger partial charge in [-0.25, -0.2) is 9.59 Å². The Kier molecular flexibility index (Phi) is 8.77. The molecule has 1 heterocycles. The standard InChI is InChI=1S/C30H36N4O7/c1-19(21-10-8-20(17-31)9-11-21)32-26(36)30(28(2,3)4)16-24(18-33(30)27(37)41-29(5,6)7)40-25(35)22-12-14-23(15-13-22)34(38)39/h8-15,19,24H,16,18H2,1-7H3,(H,32,36)/t19-,24+,30+/m0/s1. The Hall–Kier alpha value is -4.46. The van der Waals surface area contributed by atoms with Crippen LogP contribution in [0.5, 0.6) is 0 Å². The molecule has 3 atom stereocenters. The molecule has 0 bridgehead atoms. The fraction of sp³-hybridized carbons (Fsp3) is 0.467. The molecule has 11 nitrogen and oxygen atoms in total. The number of rotatable bonds is 6. The lowest BCUT2D eigenvalue weighted by Gasteiger charge is -2.46. The number of benzene rings is 2. The lowest BCUT2D eigenvalue weighted by Crippen LogP contribution is -2.64. The van der Waals surface area contributed by atoms with Gasteiger partial charge in [-0.3, -0.25) is 19.8 Å². The molecule has 1 N–H and O–H groups in total. The summed E-state index contributed by atoms with van der Waals surface area (Å²) in [5.74, 6) is -1.17. The highest BCUT2D eigenvalue weighted by Gasteiger charge is 2.61. The first-order valence-corrected chi connectivity index (χ1v) is 13.3. The first-order chi connectivity index (χ1) is 19.0. The monoisotopic (exact) mass is 564 g/mol. The summed E-state index contributed by atoms with van der Waals surface area (Å²) in [4.78, 5) is 52.5. The smallest absolute Gasteiger partial charge is 0.411 e. The van der Waals surface area contributed by atoms with Crippen molar-refractivity contribution in [3.63, 3.8) is 0 Å². The lowest BCUT2D eigenvalue weighted by molar-refractivity contribution is -0.384. The van der Waals surface area contributed by atoms with Crippen LogP contribution in [-0.2, 0) is 14.3 Å². The summed E-state index contributed by atoms with van der Waals surface area (Å²) in [6.45, 7) is 12.4. The van der Waals surface area contributed by atoms with Crippen LogP contribution in [0.2, 0.25) is 0 Å². The molecule has 2 aromatic carbocycles. The lowest BCUT2D eigenvalue weighted by atomic mass is 9.70. The predicted molar refractivity (Wildman–Crippen MR) is 150 cm³/mol. The quantitative estimate of drug-likeness (QED) is 0.282. The number of nitrogens with zero attached hydrogens (tertiary/aromatic N) is 3. The zero-order valence-electron chi connectivity index (χ0n) is 24.4. The van der Waals surface area contributed by atoms with Crippen LogP contribution >= 0.6 is 0 Å². The van der Waals surface area contributed by atoms with Gasteiger partial charge in [0.05, 0.1) is 34.7 Å². The van der Waals surface area contributed by atoms with E-state index in [2.05, 4.69) is 11.4 Å². The highest BCUT2D eigenvalue weighted by atomic mass is 16.6. The van der Waals surface area contributed by atoms with E-state index in [9.17, 15) is 24.5 Å². The SMILES string of the molecule is C[C@H](NC(=O)[C@@]1(C(C)(C)C)C[C@@H](OC(=O)c2ccc([N+](=O)[O-])cc2)CN1C(=O)OC(C)(C)C)c1ccc(C#N)cc1. The maximum absolute atomic E-state index is 14.2. The largest absolute Gasteiger partial charge is 0.457 e. The Bertz CT molecular complexity index is 1350. The molecule has 1 fully saturated rings. The number of nitrogens with one attached hydrogen (secondary N) is 1. The van der Waals surface area contributed by atoms with E-state index in [4.69, 9.17) is 14.7 Å². The Balaban J connectivity index is 1.95. The summed E-state index contributed by atoms with van der Waals surface area (Å²) < 4.78 is 11.4. The van der Waals surface area contributed by atoms with Crippen molar-refractivity contribution in [1.82, 2.24) is 10.2 Å². The number of likely N-dealkylation sites (tertiary alicyclic amines) is 1. The molecule has 41 heavy (non-hydrogen) atoms. The van der Waals surface area contributed by atoms with Crippen LogP contribution in [0.25, 0.3) is 0 Å². The maximum atomic E-state index is 14.2. The van der Waals surface area contributed by atoms with Crippen LogP contribution in [0.15, 0.2) is 48.5 Å². The Morgan fingerprint density at radius 2 is 1.66 bits per heavy atom. The van der Waals surface area contributed by atoms with Gasteiger partial charge < -0.3 is 14.8 Å². The van der Waals surface area contributed by atoms with Gasteiger partial charge in [-0.1, -0.05) is 32.9 Å². The van der Waals surface area contributed by atoms with E-state index < -0.39 is 51.6 Å². The van der Waals surface area contributed by atoms with Gasteiger partial charge in [0, 0.05) is 18.6 Å². The van der Waals surface area contributed by atoms with Crippen molar-refractivity contribution in [3.05, 3.63) is 75.3 Å². The molecule has 218 valence electrons. The van der Waals surface area contributed by atoms with E-state index in [0.29, 0.717) is 5.56 Å². The van der Waals surface area contributed by atoms with Crippen molar-refractivity contribution in [2.45, 2.75) is 78.2 Å². The molecule has 0 radical (unpaired) electrons. The number of nitro groups is 1. The topological polar surface area (TPSA) is 152 Å². The molecular formula is C30H36N4O7. The third-order valence-electron chi connectivity index (χ3n) is 7.08. The van der Waals surface area contributed by atoms with Gasteiger partial charge >= 0.3 is 12.1 Å². The molecule has 1 aliphatic rings. The van der Waals surface area contributed by atoms with Crippen molar-refractivity contribution < 1.29 is 28.8 Å². The Morgan fingerprint density at radius 3 is 2.15 bits per heavy atom. The summed E-state index contributed by atoms with van der Waals surface area (Å²) in [7, 11) is 0. The van der Waals surface area contributed by atoms with Crippen LogP contribution in [0, 0.1) is 26.9 Å². The van der Waals surface area contributed by atoms with E-state index in [0.717, 1.165) is 5.56 Å². The summed E-state index contributed by atoms with van der Waals surface area (Å²) >= 11 is 0. The molecule has 0 aliphatic carbocycles. The molecular weight excluding hydrogens is 528 g/mol. The van der Waals surface area contributed by atoms with E-state index in [1.165, 1.54) is 29.2 Å². The zero-order valence-corrected chi connectivity index (χ0v) is 24.4. The second kappa shape index (κ2) is 11.6. The third-order valence-corrected chi connectivity index (χ3v) is 7.08. The summed E-state index contributed by atoms with van der Waals surface area (Å²) in [6.07, 6.45) is -1.58. The number of nitro benzene ring substituents is 1. The van der Waals surface area contributed by atoms with Crippen molar-refractivity contribution in [2.24, 2.45) is 5.41 Å². The van der Waals surface area contributed by atoms with Crippen molar-refractivity contribution >= 4 is 23.7 Å². The van der Waals surface area contributed by atoms with Gasteiger partial charge in [-0.05, 0) is 62.9 Å². The minimum atomic E-state index is -1.46. The fourth-order valence-electron chi connectivity index (χ4n) is 4.94. The number of hydrogen-bond acceptors (Lipinski definition) is 8. The van der Waals surface area contributed by atoms with Gasteiger partial charge in [-0.2, -0.15) is 5.26 Å². The second-order valence-electron chi connectivity index (χ2n) is 12.2. The Labute approximate surface area is 239 Å². The zero-order chi connectivity index (χ0) is 30.8. The summed E-state index contributed by atoms with van der Waals surface area (Å²) in [6, 6.07) is 13.4. The molecule has 11 heteroatoms. The van der Waals surface area contributed by atoms with Gasteiger partial charge in [0.1, 0.15) is 17.2 Å². The minimum absolute atomic E-state index is 0.000385. The molecule has 0 spiro atoms. The average molecular weight is 565 g/mol. The minimum Gasteiger partial charge on any atom is -0.457 e. The molecule has 1 aliphatic heterocycles. The summed E-state index contributed by atoms with van der Waals surface area (Å²) in [5.41, 5.74) is -1.94. The van der Waals surface area contributed by atoms with Crippen LogP contribution in [0.3, 0.4) is 0 Å². The van der Waals surface area contributed by atoms with Gasteiger partial charge in [0.15, 0.2) is 0 Å². The van der Waals surface area contributed by atoms with Crippen molar-refractivity contribution in [3.8, 4) is 6.07 Å². The number of amides is 2. The van der Waals surface area contributed by atoms with E-state index in [-0.39, 0.29) is 24.2 Å². The number of nitriles is 1. The first-order valence-electron chi connectivity index (χ1n) is 13.3. The van der Waals surface area contributed by atoms with E-state index in [1.54, 1.807) is 52.0 Å². The number of ether oxygens (including phenoxy) is 2.